The quantitative estimate of drug-likeness (QED) is 0.311. The van der Waals surface area contributed by atoms with Crippen LogP contribution in [0.4, 0.5) is 0 Å². The number of likely N-dealkylation sites (tertiary alicyclic amines) is 1. The topological polar surface area (TPSA) is 101 Å². The summed E-state index contributed by atoms with van der Waals surface area (Å²) in [7, 11) is 0. The minimum Gasteiger partial charge on any atom is -0.376 e. The summed E-state index contributed by atoms with van der Waals surface area (Å²) in [6.07, 6.45) is 3.93. The highest BCUT2D eigenvalue weighted by atomic mass is 16.5. The Morgan fingerprint density at radius 1 is 1.22 bits per heavy atom. The van der Waals surface area contributed by atoms with E-state index in [-0.39, 0.29) is 11.9 Å². The largest absolute Gasteiger partial charge is 0.376 e. The molecule has 0 spiro atoms. The third-order valence-electron chi connectivity index (χ3n) is 5.74. The maximum atomic E-state index is 7.56. The summed E-state index contributed by atoms with van der Waals surface area (Å²) in [4.78, 5) is 6.40. The van der Waals surface area contributed by atoms with Crippen LogP contribution in [0.25, 0.3) is 17.0 Å². The number of nitrogens with one attached hydrogen (secondary N) is 1. The molecule has 0 bridgehead atoms. The van der Waals surface area contributed by atoms with Gasteiger partial charge < -0.3 is 19.9 Å². The molecule has 1 aliphatic rings. The molecule has 166 valence electrons. The molecule has 1 fully saturated rings. The first-order valence-corrected chi connectivity index (χ1v) is 10.9. The smallest absolute Gasteiger partial charge is 0.231 e. The van der Waals surface area contributed by atoms with E-state index < -0.39 is 0 Å². The average molecular weight is 432 g/mol. The van der Waals surface area contributed by atoms with Gasteiger partial charge in [-0.2, -0.15) is 4.98 Å². The lowest BCUT2D eigenvalue weighted by molar-refractivity contribution is 0.125. The lowest BCUT2D eigenvalue weighted by Gasteiger charge is -2.14. The average Bonchev–Trinajstić information content (AvgIpc) is 3.50. The maximum Gasteiger partial charge on any atom is 0.231 e. The first-order chi connectivity index (χ1) is 15.6. The molecule has 0 saturated carbocycles. The number of nitrogens with two attached hydrogens (primary N) is 1. The molecule has 4 rings (SSSR count). The van der Waals surface area contributed by atoms with Gasteiger partial charge in [-0.1, -0.05) is 65.8 Å². The molecule has 32 heavy (non-hydrogen) atoms. The minimum absolute atomic E-state index is 0.0917. The van der Waals surface area contributed by atoms with Crippen LogP contribution in [-0.2, 0) is 11.3 Å². The molecule has 0 aliphatic carbocycles. The third kappa shape index (κ3) is 5.42. The first-order valence-electron chi connectivity index (χ1n) is 10.9. The standard InChI is InChI=1S/C25H29N5O2/c1-18(6-5-15-31-17-19-7-3-2-4-8-19)20-9-11-21(12-10-20)23-28-24(32-29-23)22-13-14-30(16-22)25(26)27/h2-4,6-12,22H,5,13-17H2,1H3,(H3,26,27)/b18-6+/t22-/m1/s1. The van der Waals surface area contributed by atoms with Crippen LogP contribution in [0.15, 0.2) is 65.2 Å². The van der Waals surface area contributed by atoms with Crippen LogP contribution in [-0.4, -0.2) is 40.7 Å². The third-order valence-corrected chi connectivity index (χ3v) is 5.74. The second kappa shape index (κ2) is 10.2. The van der Waals surface area contributed by atoms with Crippen molar-refractivity contribution in [1.82, 2.24) is 15.0 Å². The molecular weight excluding hydrogens is 402 g/mol. The molecule has 0 radical (unpaired) electrons. The predicted molar refractivity (Wildman–Crippen MR) is 125 cm³/mol. The second-order valence-corrected chi connectivity index (χ2v) is 8.06. The zero-order valence-corrected chi connectivity index (χ0v) is 18.3. The number of guanidine groups is 1. The van der Waals surface area contributed by atoms with Crippen LogP contribution in [0.5, 0.6) is 0 Å². The number of benzene rings is 2. The monoisotopic (exact) mass is 431 g/mol. The summed E-state index contributed by atoms with van der Waals surface area (Å²) < 4.78 is 11.2. The zero-order chi connectivity index (χ0) is 22.3. The van der Waals surface area contributed by atoms with Crippen LogP contribution in [0.3, 0.4) is 0 Å². The Morgan fingerprint density at radius 2 is 2.00 bits per heavy atom. The van der Waals surface area contributed by atoms with E-state index in [0.29, 0.717) is 31.5 Å². The fourth-order valence-electron chi connectivity index (χ4n) is 3.82. The van der Waals surface area contributed by atoms with Crippen molar-refractivity contribution >= 4 is 11.5 Å². The summed E-state index contributed by atoms with van der Waals surface area (Å²) in [5.41, 5.74) is 10.1. The van der Waals surface area contributed by atoms with Gasteiger partial charge in [0.05, 0.1) is 19.1 Å². The zero-order valence-electron chi connectivity index (χ0n) is 18.3. The Labute approximate surface area is 188 Å². The van der Waals surface area contributed by atoms with Crippen LogP contribution in [0.1, 0.15) is 42.7 Å². The molecule has 1 aromatic heterocycles. The minimum atomic E-state index is 0.0917. The number of nitrogens with zero attached hydrogens (tertiary/aromatic N) is 3. The Balaban J connectivity index is 1.29. The van der Waals surface area contributed by atoms with Crippen molar-refractivity contribution in [3.8, 4) is 11.4 Å². The van der Waals surface area contributed by atoms with E-state index in [9.17, 15) is 0 Å². The predicted octanol–water partition coefficient (Wildman–Crippen LogP) is 4.43. The van der Waals surface area contributed by atoms with Crippen molar-refractivity contribution in [2.24, 2.45) is 5.73 Å². The Morgan fingerprint density at radius 3 is 2.72 bits per heavy atom. The van der Waals surface area contributed by atoms with Crippen LogP contribution >= 0.6 is 0 Å². The van der Waals surface area contributed by atoms with E-state index in [4.69, 9.17) is 20.4 Å². The summed E-state index contributed by atoms with van der Waals surface area (Å²) >= 11 is 0. The van der Waals surface area contributed by atoms with Gasteiger partial charge in [-0.3, -0.25) is 5.41 Å². The van der Waals surface area contributed by atoms with Crippen molar-refractivity contribution in [1.29, 1.82) is 5.41 Å². The molecule has 7 nitrogen and oxygen atoms in total. The van der Waals surface area contributed by atoms with Gasteiger partial charge in [0.2, 0.25) is 11.7 Å². The molecule has 1 saturated heterocycles. The van der Waals surface area contributed by atoms with Gasteiger partial charge in [0.15, 0.2) is 5.96 Å². The van der Waals surface area contributed by atoms with Crippen molar-refractivity contribution in [3.05, 3.63) is 77.7 Å². The lowest BCUT2D eigenvalue weighted by atomic mass is 10.0. The van der Waals surface area contributed by atoms with Gasteiger partial charge >= 0.3 is 0 Å². The molecule has 2 heterocycles. The van der Waals surface area contributed by atoms with Gasteiger partial charge in [-0.25, -0.2) is 0 Å². The van der Waals surface area contributed by atoms with E-state index in [1.54, 1.807) is 0 Å². The van der Waals surface area contributed by atoms with Crippen molar-refractivity contribution in [3.63, 3.8) is 0 Å². The molecule has 0 unspecified atom stereocenters. The maximum absolute atomic E-state index is 7.56. The summed E-state index contributed by atoms with van der Waals surface area (Å²) in [5.74, 6) is 1.41. The van der Waals surface area contributed by atoms with E-state index in [1.807, 2.05) is 35.2 Å². The number of hydrogen-bond acceptors (Lipinski definition) is 5. The normalized spacial score (nSPS) is 16.5. The number of ether oxygens (including phenoxy) is 1. The Bertz CT molecular complexity index is 1060. The second-order valence-electron chi connectivity index (χ2n) is 8.06. The van der Waals surface area contributed by atoms with E-state index >= 15 is 0 Å². The fourth-order valence-corrected chi connectivity index (χ4v) is 3.82. The van der Waals surface area contributed by atoms with E-state index in [2.05, 4.69) is 47.4 Å². The Hall–Kier alpha value is -3.45. The van der Waals surface area contributed by atoms with Gasteiger partial charge in [0.25, 0.3) is 0 Å². The van der Waals surface area contributed by atoms with Crippen molar-refractivity contribution in [2.45, 2.75) is 32.3 Å². The van der Waals surface area contributed by atoms with Crippen LogP contribution in [0.2, 0.25) is 0 Å². The van der Waals surface area contributed by atoms with E-state index in [0.717, 1.165) is 30.5 Å². The highest BCUT2D eigenvalue weighted by molar-refractivity contribution is 5.75. The summed E-state index contributed by atoms with van der Waals surface area (Å²) in [6.45, 7) is 4.84. The highest BCUT2D eigenvalue weighted by Crippen LogP contribution is 2.28. The molecule has 2 aromatic carbocycles. The van der Waals surface area contributed by atoms with Gasteiger partial charge in [-0.05, 0) is 36.5 Å². The highest BCUT2D eigenvalue weighted by Gasteiger charge is 2.29. The number of rotatable bonds is 8. The Kier molecular flexibility index (Phi) is 6.97. The van der Waals surface area contributed by atoms with Crippen LogP contribution < -0.4 is 5.73 Å². The molecule has 1 atom stereocenters. The molecule has 7 heteroatoms. The van der Waals surface area contributed by atoms with Crippen molar-refractivity contribution in [2.75, 3.05) is 19.7 Å². The van der Waals surface area contributed by atoms with E-state index in [1.165, 1.54) is 11.1 Å². The number of allylic oxidation sites excluding steroid dienone is 1. The number of hydrogen-bond donors (Lipinski definition) is 2. The van der Waals surface area contributed by atoms with Gasteiger partial charge in [0, 0.05) is 18.7 Å². The van der Waals surface area contributed by atoms with Gasteiger partial charge in [0.1, 0.15) is 0 Å². The molecular formula is C25H29N5O2. The SMILES string of the molecule is C/C(=C\CCOCc1ccccc1)c1ccc(-c2noc([C@@H]3CCN(C(=N)N)C3)n2)cc1. The lowest BCUT2D eigenvalue weighted by Crippen LogP contribution is -2.34. The summed E-state index contributed by atoms with van der Waals surface area (Å²) in [6, 6.07) is 18.4. The van der Waals surface area contributed by atoms with Gasteiger partial charge in [-0.15, -0.1) is 0 Å². The first kappa shape index (κ1) is 21.8. The summed E-state index contributed by atoms with van der Waals surface area (Å²) in [5, 5.41) is 11.7. The molecule has 1 aliphatic heterocycles. The van der Waals surface area contributed by atoms with Crippen molar-refractivity contribution < 1.29 is 9.26 Å². The number of aromatic nitrogens is 2. The fraction of sp³-hybridized carbons (Fsp3) is 0.320. The van der Waals surface area contributed by atoms with Crippen LogP contribution in [0, 0.1) is 5.41 Å². The molecule has 3 aromatic rings. The molecule has 0 amide bonds. The molecule has 3 N–H and O–H groups in total.